The van der Waals surface area contributed by atoms with E-state index in [4.69, 9.17) is 4.74 Å². The van der Waals surface area contributed by atoms with Gasteiger partial charge in [-0.3, -0.25) is 0 Å². The van der Waals surface area contributed by atoms with Gasteiger partial charge in [-0.2, -0.15) is 0 Å². The van der Waals surface area contributed by atoms with Gasteiger partial charge >= 0.3 is 6.09 Å². The molecule has 1 aliphatic heterocycles. The third kappa shape index (κ3) is 2.03. The van der Waals surface area contributed by atoms with E-state index in [0.717, 1.165) is 24.1 Å². The largest absolute Gasteiger partial charge is 0.439 e. The maximum atomic E-state index is 11.7. The Bertz CT molecular complexity index is 451. The topological polar surface area (TPSA) is 32.8 Å². The Labute approximate surface area is 107 Å². The van der Waals surface area contributed by atoms with E-state index >= 15 is 0 Å². The van der Waals surface area contributed by atoms with Crippen molar-refractivity contribution in [2.45, 2.75) is 25.0 Å². The minimum Gasteiger partial charge on any atom is -0.439 e. The van der Waals surface area contributed by atoms with Gasteiger partial charge in [0.05, 0.1) is 6.54 Å². The molecule has 0 bridgehead atoms. The number of hydrogen-bond acceptors (Lipinski definition) is 3. The lowest BCUT2D eigenvalue weighted by atomic mass is 10.1. The van der Waals surface area contributed by atoms with Crippen molar-refractivity contribution < 1.29 is 9.53 Å². The first-order chi connectivity index (χ1) is 8.65. The number of anilines is 1. The summed E-state index contributed by atoms with van der Waals surface area (Å²) in [6.07, 6.45) is 2.00. The predicted octanol–water partition coefficient (Wildman–Crippen LogP) is 2.41. The van der Waals surface area contributed by atoms with Gasteiger partial charge < -0.3 is 14.5 Å². The number of carbonyl (C=O) groups excluding carboxylic acids is 1. The van der Waals surface area contributed by atoms with Gasteiger partial charge in [-0.1, -0.05) is 12.1 Å². The molecule has 2 aliphatic rings. The van der Waals surface area contributed by atoms with Crippen LogP contribution >= 0.6 is 0 Å². The highest BCUT2D eigenvalue weighted by Crippen LogP contribution is 2.35. The molecule has 1 atom stereocenters. The van der Waals surface area contributed by atoms with Gasteiger partial charge in [0.2, 0.25) is 0 Å². The molecule has 4 nitrogen and oxygen atoms in total. The summed E-state index contributed by atoms with van der Waals surface area (Å²) in [6.45, 7) is 0.699. The fourth-order valence-corrected chi connectivity index (χ4v) is 2.32. The van der Waals surface area contributed by atoms with Crippen LogP contribution in [0, 0.1) is 0 Å². The van der Waals surface area contributed by atoms with Crippen molar-refractivity contribution >= 4 is 11.8 Å². The van der Waals surface area contributed by atoms with Crippen LogP contribution < -0.4 is 4.90 Å². The van der Waals surface area contributed by atoms with Gasteiger partial charge in [0.1, 0.15) is 6.10 Å². The van der Waals surface area contributed by atoms with Gasteiger partial charge in [-0.15, -0.1) is 0 Å². The highest BCUT2D eigenvalue weighted by molar-refractivity contribution is 5.71. The molecule has 1 aromatic rings. The number of carbonyl (C=O) groups is 1. The van der Waals surface area contributed by atoms with E-state index in [1.165, 1.54) is 0 Å². The highest BCUT2D eigenvalue weighted by atomic mass is 16.6. The van der Waals surface area contributed by atoms with Crippen LogP contribution in [0.4, 0.5) is 10.5 Å². The van der Waals surface area contributed by atoms with Crippen LogP contribution in [0.5, 0.6) is 0 Å². The molecule has 1 aliphatic carbocycles. The zero-order valence-corrected chi connectivity index (χ0v) is 10.8. The first-order valence-corrected chi connectivity index (χ1v) is 6.39. The van der Waals surface area contributed by atoms with Crippen LogP contribution in [0.15, 0.2) is 24.3 Å². The van der Waals surface area contributed by atoms with Crippen LogP contribution in [0.3, 0.4) is 0 Å². The summed E-state index contributed by atoms with van der Waals surface area (Å²) in [4.78, 5) is 15.6. The lowest BCUT2D eigenvalue weighted by Crippen LogP contribution is -2.26. The van der Waals surface area contributed by atoms with Crippen molar-refractivity contribution in [2.24, 2.45) is 0 Å². The molecule has 0 N–H and O–H groups in total. The Hall–Kier alpha value is -1.71. The number of ether oxygens (including phenoxy) is 1. The minimum atomic E-state index is -0.154. The first-order valence-electron chi connectivity index (χ1n) is 6.39. The summed E-state index contributed by atoms with van der Waals surface area (Å²) >= 11 is 0. The van der Waals surface area contributed by atoms with Gasteiger partial charge in [0.25, 0.3) is 0 Å². The molecule has 3 rings (SSSR count). The molecule has 2 fully saturated rings. The first kappa shape index (κ1) is 11.4. The normalized spacial score (nSPS) is 23.1. The molecule has 0 aromatic heterocycles. The second kappa shape index (κ2) is 4.19. The van der Waals surface area contributed by atoms with E-state index in [1.54, 1.807) is 0 Å². The summed E-state index contributed by atoms with van der Waals surface area (Å²) < 4.78 is 5.44. The maximum absolute atomic E-state index is 11.7. The molecule has 1 saturated carbocycles. The van der Waals surface area contributed by atoms with E-state index in [-0.39, 0.29) is 12.2 Å². The summed E-state index contributed by atoms with van der Waals surface area (Å²) in [7, 11) is 4.03. The third-order valence-corrected chi connectivity index (χ3v) is 3.61. The molecule has 1 saturated heterocycles. The molecular formula is C14H18N2O2. The van der Waals surface area contributed by atoms with Gasteiger partial charge in [-0.05, 0) is 30.5 Å². The molecule has 18 heavy (non-hydrogen) atoms. The van der Waals surface area contributed by atoms with Crippen molar-refractivity contribution in [2.75, 3.05) is 25.5 Å². The van der Waals surface area contributed by atoms with Crippen molar-refractivity contribution in [3.63, 3.8) is 0 Å². The second-order valence-electron chi connectivity index (χ2n) is 5.24. The van der Waals surface area contributed by atoms with Crippen molar-refractivity contribution in [3.8, 4) is 0 Å². The van der Waals surface area contributed by atoms with Crippen molar-refractivity contribution in [1.82, 2.24) is 4.90 Å². The summed E-state index contributed by atoms with van der Waals surface area (Å²) in [5, 5.41) is 0. The SMILES string of the molecule is CN(C)c1ccc(C2CN(C3CC3)C(=O)O2)cc1. The monoisotopic (exact) mass is 246 g/mol. The molecule has 1 amide bonds. The van der Waals surface area contributed by atoms with Crippen LogP contribution in [0.1, 0.15) is 24.5 Å². The van der Waals surface area contributed by atoms with Crippen LogP contribution in [0.2, 0.25) is 0 Å². The van der Waals surface area contributed by atoms with Crippen LogP contribution in [-0.4, -0.2) is 37.7 Å². The summed E-state index contributed by atoms with van der Waals surface area (Å²) in [5.41, 5.74) is 2.24. The molecule has 1 unspecified atom stereocenters. The van der Waals surface area contributed by atoms with Crippen molar-refractivity contribution in [1.29, 1.82) is 0 Å². The molecule has 1 aromatic carbocycles. The van der Waals surface area contributed by atoms with Gasteiger partial charge in [0, 0.05) is 25.8 Å². The van der Waals surface area contributed by atoms with E-state index < -0.39 is 0 Å². The Morgan fingerprint density at radius 3 is 2.44 bits per heavy atom. The fraction of sp³-hybridized carbons (Fsp3) is 0.500. The third-order valence-electron chi connectivity index (χ3n) is 3.61. The number of cyclic esters (lactones) is 1. The van der Waals surface area contributed by atoms with Gasteiger partial charge in [0.15, 0.2) is 0 Å². The van der Waals surface area contributed by atoms with E-state index in [0.29, 0.717) is 12.6 Å². The number of nitrogens with zero attached hydrogens (tertiary/aromatic N) is 2. The average molecular weight is 246 g/mol. The molecule has 4 heteroatoms. The Morgan fingerprint density at radius 2 is 1.89 bits per heavy atom. The second-order valence-corrected chi connectivity index (χ2v) is 5.24. The van der Waals surface area contributed by atoms with Crippen molar-refractivity contribution in [3.05, 3.63) is 29.8 Å². The molecule has 1 heterocycles. The summed E-state index contributed by atoms with van der Waals surface area (Å²) in [6, 6.07) is 8.64. The standard InChI is InChI=1S/C14H18N2O2/c1-15(2)11-5-3-10(4-6-11)13-9-16(12-7-8-12)14(17)18-13/h3-6,12-13H,7-9H2,1-2H3. The van der Waals surface area contributed by atoms with E-state index in [2.05, 4.69) is 17.0 Å². The number of amides is 1. The van der Waals surface area contributed by atoms with Crippen LogP contribution in [0.25, 0.3) is 0 Å². The molecule has 0 radical (unpaired) electrons. The lowest BCUT2D eigenvalue weighted by molar-refractivity contribution is 0.132. The summed E-state index contributed by atoms with van der Waals surface area (Å²) in [5.74, 6) is 0. The van der Waals surface area contributed by atoms with Crippen LogP contribution in [-0.2, 0) is 4.74 Å². The minimum absolute atomic E-state index is 0.102. The fourth-order valence-electron chi connectivity index (χ4n) is 2.32. The zero-order chi connectivity index (χ0) is 12.7. The highest BCUT2D eigenvalue weighted by Gasteiger charge is 2.41. The lowest BCUT2D eigenvalue weighted by Gasteiger charge is -2.14. The predicted molar refractivity (Wildman–Crippen MR) is 69.7 cm³/mol. The Morgan fingerprint density at radius 1 is 1.22 bits per heavy atom. The number of rotatable bonds is 3. The Balaban J connectivity index is 1.73. The molecule has 0 spiro atoms. The van der Waals surface area contributed by atoms with Gasteiger partial charge in [-0.25, -0.2) is 4.79 Å². The molecule has 96 valence electrons. The average Bonchev–Trinajstić information content (AvgIpc) is 3.13. The quantitative estimate of drug-likeness (QED) is 0.821. The maximum Gasteiger partial charge on any atom is 0.410 e. The smallest absolute Gasteiger partial charge is 0.410 e. The number of hydrogen-bond donors (Lipinski definition) is 0. The van der Waals surface area contributed by atoms with E-state index in [9.17, 15) is 4.79 Å². The zero-order valence-electron chi connectivity index (χ0n) is 10.8. The van der Waals surface area contributed by atoms with E-state index in [1.807, 2.05) is 31.1 Å². The molecular weight excluding hydrogens is 228 g/mol. The Kier molecular flexibility index (Phi) is 2.65. The number of benzene rings is 1.